The number of nitrogens with two attached hydrogens (primary N) is 1. The number of anilines is 1. The summed E-state index contributed by atoms with van der Waals surface area (Å²) in [5.74, 6) is 0.294. The van der Waals surface area contributed by atoms with Gasteiger partial charge in [-0.1, -0.05) is 6.07 Å². The van der Waals surface area contributed by atoms with Crippen molar-refractivity contribution >= 4 is 11.6 Å². The zero-order valence-electron chi connectivity index (χ0n) is 11.7. The van der Waals surface area contributed by atoms with E-state index in [2.05, 4.69) is 10.2 Å². The number of ether oxygens (including phenoxy) is 2. The van der Waals surface area contributed by atoms with Gasteiger partial charge < -0.3 is 20.5 Å². The average molecular weight is 279 g/mol. The van der Waals surface area contributed by atoms with Crippen LogP contribution in [0.1, 0.15) is 10.4 Å². The second kappa shape index (κ2) is 7.12. The summed E-state index contributed by atoms with van der Waals surface area (Å²) in [6, 6.07) is 5.19. The van der Waals surface area contributed by atoms with Crippen molar-refractivity contribution < 1.29 is 14.3 Å². The molecule has 1 aliphatic heterocycles. The van der Waals surface area contributed by atoms with E-state index in [0.29, 0.717) is 23.5 Å². The molecule has 0 unspecified atom stereocenters. The van der Waals surface area contributed by atoms with Crippen LogP contribution in [0.4, 0.5) is 5.69 Å². The molecule has 0 radical (unpaired) electrons. The van der Waals surface area contributed by atoms with Gasteiger partial charge in [0.15, 0.2) is 0 Å². The van der Waals surface area contributed by atoms with Crippen molar-refractivity contribution in [2.75, 3.05) is 52.2 Å². The van der Waals surface area contributed by atoms with Gasteiger partial charge in [-0.2, -0.15) is 0 Å². The number of methoxy groups -OCH3 is 1. The Balaban J connectivity index is 1.88. The molecule has 0 aliphatic carbocycles. The minimum Gasteiger partial charge on any atom is -0.496 e. The number of rotatable bonds is 5. The molecule has 2 rings (SSSR count). The van der Waals surface area contributed by atoms with Gasteiger partial charge in [-0.3, -0.25) is 9.69 Å². The molecule has 0 aromatic heterocycles. The average Bonchev–Trinajstić information content (AvgIpc) is 2.47. The zero-order valence-corrected chi connectivity index (χ0v) is 11.7. The number of benzene rings is 1. The first kappa shape index (κ1) is 14.6. The Morgan fingerprint density at radius 2 is 2.20 bits per heavy atom. The number of hydrogen-bond donors (Lipinski definition) is 2. The summed E-state index contributed by atoms with van der Waals surface area (Å²) in [6.45, 7) is 4.72. The predicted octanol–water partition coefficient (Wildman–Crippen LogP) is 0.339. The molecule has 6 heteroatoms. The molecule has 1 aromatic rings. The van der Waals surface area contributed by atoms with Crippen molar-refractivity contribution in [2.45, 2.75) is 0 Å². The number of nitrogens with zero attached hydrogens (tertiary/aromatic N) is 1. The molecule has 110 valence electrons. The minimum atomic E-state index is -0.201. The molecule has 0 atom stereocenters. The molecule has 6 nitrogen and oxygen atoms in total. The van der Waals surface area contributed by atoms with Gasteiger partial charge in [-0.15, -0.1) is 0 Å². The van der Waals surface area contributed by atoms with Gasteiger partial charge in [0.2, 0.25) is 0 Å². The van der Waals surface area contributed by atoms with Crippen LogP contribution >= 0.6 is 0 Å². The Hall–Kier alpha value is -1.79. The number of nitrogen functional groups attached to an aromatic ring is 1. The molecule has 1 amide bonds. The van der Waals surface area contributed by atoms with Crippen LogP contribution in [0.3, 0.4) is 0 Å². The van der Waals surface area contributed by atoms with Gasteiger partial charge in [0.05, 0.1) is 20.3 Å². The standard InChI is InChI=1S/C14H21N3O3/c1-19-12-4-2-3-11(15)13(12)14(18)16-5-6-17-7-9-20-10-8-17/h2-4H,5-10,15H2,1H3,(H,16,18). The van der Waals surface area contributed by atoms with Crippen LogP contribution in [0.5, 0.6) is 5.75 Å². The highest BCUT2D eigenvalue weighted by Gasteiger charge is 2.16. The lowest BCUT2D eigenvalue weighted by molar-refractivity contribution is 0.0383. The Labute approximate surface area is 118 Å². The van der Waals surface area contributed by atoms with E-state index in [1.807, 2.05) is 0 Å². The summed E-state index contributed by atoms with van der Waals surface area (Å²) in [4.78, 5) is 14.4. The number of morpholine rings is 1. The van der Waals surface area contributed by atoms with Crippen LogP contribution < -0.4 is 15.8 Å². The summed E-state index contributed by atoms with van der Waals surface area (Å²) in [6.07, 6.45) is 0. The third-order valence-corrected chi connectivity index (χ3v) is 3.32. The van der Waals surface area contributed by atoms with E-state index in [1.54, 1.807) is 18.2 Å². The summed E-state index contributed by atoms with van der Waals surface area (Å²) in [5.41, 5.74) is 6.67. The van der Waals surface area contributed by atoms with E-state index >= 15 is 0 Å². The lowest BCUT2D eigenvalue weighted by Gasteiger charge is -2.26. The zero-order chi connectivity index (χ0) is 14.4. The van der Waals surface area contributed by atoms with E-state index in [-0.39, 0.29) is 5.91 Å². The Morgan fingerprint density at radius 3 is 2.90 bits per heavy atom. The first-order valence-corrected chi connectivity index (χ1v) is 6.73. The van der Waals surface area contributed by atoms with Crippen molar-refractivity contribution in [1.82, 2.24) is 10.2 Å². The normalized spacial score (nSPS) is 15.8. The van der Waals surface area contributed by atoms with Crippen molar-refractivity contribution in [3.63, 3.8) is 0 Å². The topological polar surface area (TPSA) is 76.8 Å². The molecule has 0 saturated carbocycles. The van der Waals surface area contributed by atoms with Crippen LogP contribution in [0.25, 0.3) is 0 Å². The van der Waals surface area contributed by atoms with Gasteiger partial charge in [-0.25, -0.2) is 0 Å². The van der Waals surface area contributed by atoms with Crippen molar-refractivity contribution in [1.29, 1.82) is 0 Å². The van der Waals surface area contributed by atoms with Gasteiger partial charge in [0.25, 0.3) is 5.91 Å². The Morgan fingerprint density at radius 1 is 1.45 bits per heavy atom. The number of hydrogen-bond acceptors (Lipinski definition) is 5. The van der Waals surface area contributed by atoms with Gasteiger partial charge in [0.1, 0.15) is 11.3 Å². The maximum Gasteiger partial charge on any atom is 0.257 e. The van der Waals surface area contributed by atoms with E-state index in [4.69, 9.17) is 15.2 Å². The summed E-state index contributed by atoms with van der Waals surface area (Å²) in [5, 5.41) is 2.88. The van der Waals surface area contributed by atoms with Gasteiger partial charge in [0, 0.05) is 31.9 Å². The molecule has 1 fully saturated rings. The number of amides is 1. The fourth-order valence-corrected chi connectivity index (χ4v) is 2.20. The third kappa shape index (κ3) is 3.61. The highest BCUT2D eigenvalue weighted by molar-refractivity contribution is 6.01. The van der Waals surface area contributed by atoms with E-state index in [1.165, 1.54) is 7.11 Å². The molecule has 3 N–H and O–H groups in total. The summed E-state index contributed by atoms with van der Waals surface area (Å²) >= 11 is 0. The second-order valence-electron chi connectivity index (χ2n) is 4.63. The molecular formula is C14H21N3O3. The maximum atomic E-state index is 12.2. The Kier molecular flexibility index (Phi) is 5.20. The van der Waals surface area contributed by atoms with Crippen LogP contribution in [-0.4, -0.2) is 57.3 Å². The highest BCUT2D eigenvalue weighted by atomic mass is 16.5. The summed E-state index contributed by atoms with van der Waals surface area (Å²) in [7, 11) is 1.53. The predicted molar refractivity (Wildman–Crippen MR) is 77.0 cm³/mol. The van der Waals surface area contributed by atoms with E-state index in [0.717, 1.165) is 32.8 Å². The van der Waals surface area contributed by atoms with E-state index in [9.17, 15) is 4.79 Å². The number of carbonyl (C=O) groups is 1. The van der Waals surface area contributed by atoms with Gasteiger partial charge in [-0.05, 0) is 12.1 Å². The number of carbonyl (C=O) groups excluding carboxylic acids is 1. The molecule has 0 spiro atoms. The lowest BCUT2D eigenvalue weighted by atomic mass is 10.1. The molecule has 1 aromatic carbocycles. The van der Waals surface area contributed by atoms with Crippen LogP contribution in [0.15, 0.2) is 18.2 Å². The quantitative estimate of drug-likeness (QED) is 0.760. The fourth-order valence-electron chi connectivity index (χ4n) is 2.20. The largest absolute Gasteiger partial charge is 0.496 e. The molecule has 1 aliphatic rings. The van der Waals surface area contributed by atoms with Crippen LogP contribution in [0, 0.1) is 0 Å². The first-order valence-electron chi connectivity index (χ1n) is 6.73. The fraction of sp³-hybridized carbons (Fsp3) is 0.500. The summed E-state index contributed by atoms with van der Waals surface area (Å²) < 4.78 is 10.5. The lowest BCUT2D eigenvalue weighted by Crippen LogP contribution is -2.41. The van der Waals surface area contributed by atoms with Crippen molar-refractivity contribution in [3.05, 3.63) is 23.8 Å². The molecule has 0 bridgehead atoms. The first-order chi connectivity index (χ1) is 9.72. The van der Waals surface area contributed by atoms with Crippen LogP contribution in [0.2, 0.25) is 0 Å². The monoisotopic (exact) mass is 279 g/mol. The maximum absolute atomic E-state index is 12.2. The smallest absolute Gasteiger partial charge is 0.257 e. The third-order valence-electron chi connectivity index (χ3n) is 3.32. The second-order valence-corrected chi connectivity index (χ2v) is 4.63. The number of nitrogens with one attached hydrogen (secondary N) is 1. The minimum absolute atomic E-state index is 0.201. The van der Waals surface area contributed by atoms with Crippen molar-refractivity contribution in [3.8, 4) is 5.75 Å². The molecule has 1 heterocycles. The van der Waals surface area contributed by atoms with E-state index < -0.39 is 0 Å². The Bertz CT molecular complexity index is 459. The van der Waals surface area contributed by atoms with Crippen molar-refractivity contribution in [2.24, 2.45) is 0 Å². The molecule has 20 heavy (non-hydrogen) atoms. The van der Waals surface area contributed by atoms with Crippen LogP contribution in [-0.2, 0) is 4.74 Å². The highest BCUT2D eigenvalue weighted by Crippen LogP contribution is 2.23. The molecule has 1 saturated heterocycles. The van der Waals surface area contributed by atoms with Gasteiger partial charge >= 0.3 is 0 Å². The molecular weight excluding hydrogens is 258 g/mol. The SMILES string of the molecule is COc1cccc(N)c1C(=O)NCCN1CCOCC1.